The number of amides is 1. The first-order valence-electron chi connectivity index (χ1n) is 10.1. The third-order valence-corrected chi connectivity index (χ3v) is 5.46. The molecule has 1 heterocycles. The molecule has 1 atom stereocenters. The number of carbonyl (C=O) groups is 1. The summed E-state index contributed by atoms with van der Waals surface area (Å²) in [4.78, 5) is 19.3. The van der Waals surface area contributed by atoms with Crippen LogP contribution in [-0.4, -0.2) is 22.8 Å². The Morgan fingerprint density at radius 2 is 1.73 bits per heavy atom. The Morgan fingerprint density at radius 1 is 0.967 bits per heavy atom. The molecule has 1 aromatic heterocycles. The Bertz CT molecular complexity index is 1150. The molecular weight excluding hydrogens is 370 g/mol. The minimum atomic E-state index is -0.101. The molecule has 0 saturated carbocycles. The second-order valence-electron chi connectivity index (χ2n) is 7.53. The van der Waals surface area contributed by atoms with E-state index >= 15 is 0 Å². The van der Waals surface area contributed by atoms with Crippen LogP contribution in [0, 0.1) is 0 Å². The van der Waals surface area contributed by atoms with E-state index in [-0.39, 0.29) is 11.9 Å². The molecule has 0 spiro atoms. The van der Waals surface area contributed by atoms with Crippen molar-refractivity contribution in [3.05, 3.63) is 108 Å². The van der Waals surface area contributed by atoms with Gasteiger partial charge in [-0.2, -0.15) is 0 Å². The second kappa shape index (κ2) is 8.89. The van der Waals surface area contributed by atoms with Crippen LogP contribution in [-0.2, 0) is 6.54 Å². The summed E-state index contributed by atoms with van der Waals surface area (Å²) in [5.74, 6) is -0.101. The molecule has 0 fully saturated rings. The maximum Gasteiger partial charge on any atom is 0.255 e. The van der Waals surface area contributed by atoms with E-state index in [1.165, 1.54) is 5.56 Å². The number of aromatic nitrogens is 1. The van der Waals surface area contributed by atoms with E-state index in [2.05, 4.69) is 59.5 Å². The van der Waals surface area contributed by atoms with Crippen LogP contribution in [0.25, 0.3) is 10.9 Å². The standard InChI is InChI=1S/C26H25N3O/c1-19(29(2)18-23-13-6-11-20-14-8-16-27-25(20)23)22-12-7-15-24(17-22)28-26(30)21-9-4-3-5-10-21/h3-17,19H,18H2,1-2H3,(H,28,30)/t19-/m0/s1. The van der Waals surface area contributed by atoms with Gasteiger partial charge in [0.2, 0.25) is 0 Å². The first-order chi connectivity index (χ1) is 14.6. The third kappa shape index (κ3) is 4.39. The van der Waals surface area contributed by atoms with Crippen molar-refractivity contribution in [3.63, 3.8) is 0 Å². The molecule has 1 amide bonds. The van der Waals surface area contributed by atoms with Gasteiger partial charge in [-0.3, -0.25) is 14.7 Å². The summed E-state index contributed by atoms with van der Waals surface area (Å²) in [7, 11) is 2.11. The number of para-hydroxylation sites is 1. The summed E-state index contributed by atoms with van der Waals surface area (Å²) >= 11 is 0. The molecule has 0 aliphatic carbocycles. The van der Waals surface area contributed by atoms with Crippen molar-refractivity contribution >= 4 is 22.5 Å². The van der Waals surface area contributed by atoms with E-state index in [1.54, 1.807) is 0 Å². The van der Waals surface area contributed by atoms with Crippen LogP contribution in [0.3, 0.4) is 0 Å². The summed E-state index contributed by atoms with van der Waals surface area (Å²) in [5.41, 5.74) is 4.85. The van der Waals surface area contributed by atoms with Crippen LogP contribution in [0.15, 0.2) is 91.1 Å². The molecule has 3 aromatic carbocycles. The zero-order valence-electron chi connectivity index (χ0n) is 17.2. The number of hydrogen-bond acceptors (Lipinski definition) is 3. The number of nitrogens with zero attached hydrogens (tertiary/aromatic N) is 2. The van der Waals surface area contributed by atoms with Crippen LogP contribution >= 0.6 is 0 Å². The fourth-order valence-corrected chi connectivity index (χ4v) is 3.62. The van der Waals surface area contributed by atoms with Gasteiger partial charge in [0.25, 0.3) is 5.91 Å². The van der Waals surface area contributed by atoms with Crippen molar-refractivity contribution in [1.29, 1.82) is 0 Å². The normalized spacial score (nSPS) is 12.1. The number of carbonyl (C=O) groups excluding carboxylic acids is 1. The molecule has 0 aliphatic heterocycles. The van der Waals surface area contributed by atoms with Crippen LogP contribution in [0.5, 0.6) is 0 Å². The lowest BCUT2D eigenvalue weighted by Gasteiger charge is -2.26. The number of pyridine rings is 1. The van der Waals surface area contributed by atoms with Crippen molar-refractivity contribution in [3.8, 4) is 0 Å². The largest absolute Gasteiger partial charge is 0.322 e. The molecule has 4 nitrogen and oxygen atoms in total. The van der Waals surface area contributed by atoms with Crippen molar-refractivity contribution < 1.29 is 4.79 Å². The van der Waals surface area contributed by atoms with Crippen molar-refractivity contribution in [2.24, 2.45) is 0 Å². The molecule has 0 aliphatic rings. The minimum Gasteiger partial charge on any atom is -0.322 e. The average Bonchev–Trinajstić information content (AvgIpc) is 2.79. The molecule has 150 valence electrons. The van der Waals surface area contributed by atoms with E-state index in [9.17, 15) is 4.79 Å². The fourth-order valence-electron chi connectivity index (χ4n) is 3.62. The Kier molecular flexibility index (Phi) is 5.87. The van der Waals surface area contributed by atoms with E-state index in [0.29, 0.717) is 5.56 Å². The van der Waals surface area contributed by atoms with E-state index in [0.717, 1.165) is 28.7 Å². The molecule has 0 saturated heterocycles. The summed E-state index contributed by atoms with van der Waals surface area (Å²) in [6, 6.07) is 27.9. The van der Waals surface area contributed by atoms with Gasteiger partial charge < -0.3 is 5.32 Å². The van der Waals surface area contributed by atoms with E-state index in [4.69, 9.17) is 0 Å². The molecule has 30 heavy (non-hydrogen) atoms. The highest BCUT2D eigenvalue weighted by Gasteiger charge is 2.15. The van der Waals surface area contributed by atoms with Crippen molar-refractivity contribution in [1.82, 2.24) is 9.88 Å². The SMILES string of the molecule is C[C@@H](c1cccc(NC(=O)c2ccccc2)c1)N(C)Cc1cccc2cccnc12. The van der Waals surface area contributed by atoms with Crippen LogP contribution in [0.1, 0.15) is 34.5 Å². The second-order valence-corrected chi connectivity index (χ2v) is 7.53. The molecule has 0 radical (unpaired) electrons. The summed E-state index contributed by atoms with van der Waals surface area (Å²) < 4.78 is 0. The van der Waals surface area contributed by atoms with Crippen molar-refractivity contribution in [2.75, 3.05) is 12.4 Å². The van der Waals surface area contributed by atoms with Gasteiger partial charge in [-0.05, 0) is 55.4 Å². The molecule has 0 unspecified atom stereocenters. The van der Waals surface area contributed by atoms with Gasteiger partial charge in [-0.25, -0.2) is 0 Å². The number of fused-ring (bicyclic) bond motifs is 1. The number of rotatable bonds is 6. The highest BCUT2D eigenvalue weighted by molar-refractivity contribution is 6.04. The first-order valence-corrected chi connectivity index (χ1v) is 10.1. The predicted octanol–water partition coefficient (Wildman–Crippen LogP) is 5.68. The van der Waals surface area contributed by atoms with Crippen molar-refractivity contribution in [2.45, 2.75) is 19.5 Å². The monoisotopic (exact) mass is 395 g/mol. The lowest BCUT2D eigenvalue weighted by atomic mass is 10.0. The molecule has 4 heteroatoms. The van der Waals surface area contributed by atoms with Gasteiger partial charge in [-0.1, -0.05) is 54.6 Å². The maximum atomic E-state index is 12.5. The Balaban J connectivity index is 1.49. The molecular formula is C26H25N3O. The van der Waals surface area contributed by atoms with Gasteiger partial charge in [0, 0.05) is 35.4 Å². The Labute approximate surface area is 177 Å². The van der Waals surface area contributed by atoms with Gasteiger partial charge >= 0.3 is 0 Å². The van der Waals surface area contributed by atoms with Gasteiger partial charge in [0.05, 0.1) is 5.52 Å². The predicted molar refractivity (Wildman–Crippen MR) is 122 cm³/mol. The van der Waals surface area contributed by atoms with Gasteiger partial charge in [0.1, 0.15) is 0 Å². The van der Waals surface area contributed by atoms with Crippen LogP contribution < -0.4 is 5.32 Å². The number of hydrogen-bond donors (Lipinski definition) is 1. The zero-order valence-corrected chi connectivity index (χ0v) is 17.2. The molecule has 1 N–H and O–H groups in total. The fraction of sp³-hybridized carbons (Fsp3) is 0.154. The summed E-state index contributed by atoms with van der Waals surface area (Å²) in [6.45, 7) is 2.97. The summed E-state index contributed by atoms with van der Waals surface area (Å²) in [5, 5.41) is 4.15. The maximum absolute atomic E-state index is 12.5. The highest BCUT2D eigenvalue weighted by atomic mass is 16.1. The van der Waals surface area contributed by atoms with Gasteiger partial charge in [-0.15, -0.1) is 0 Å². The highest BCUT2D eigenvalue weighted by Crippen LogP contribution is 2.25. The van der Waals surface area contributed by atoms with Gasteiger partial charge in [0.15, 0.2) is 0 Å². The first kappa shape index (κ1) is 19.8. The summed E-state index contributed by atoms with van der Waals surface area (Å²) in [6.07, 6.45) is 1.84. The quantitative estimate of drug-likeness (QED) is 0.457. The molecule has 4 aromatic rings. The van der Waals surface area contributed by atoms with E-state index < -0.39 is 0 Å². The minimum absolute atomic E-state index is 0.101. The number of nitrogens with one attached hydrogen (secondary N) is 1. The molecule has 0 bridgehead atoms. The Hall–Kier alpha value is -3.50. The smallest absolute Gasteiger partial charge is 0.255 e. The van der Waals surface area contributed by atoms with Crippen LogP contribution in [0.4, 0.5) is 5.69 Å². The topological polar surface area (TPSA) is 45.2 Å². The average molecular weight is 396 g/mol. The lowest BCUT2D eigenvalue weighted by molar-refractivity contribution is 0.102. The van der Waals surface area contributed by atoms with Crippen LogP contribution in [0.2, 0.25) is 0 Å². The lowest BCUT2D eigenvalue weighted by Crippen LogP contribution is -2.22. The van der Waals surface area contributed by atoms with E-state index in [1.807, 2.05) is 60.8 Å². The zero-order chi connectivity index (χ0) is 20.9. The molecule has 4 rings (SSSR count). The third-order valence-electron chi connectivity index (χ3n) is 5.46. The number of anilines is 1. The number of benzene rings is 3. The Morgan fingerprint density at radius 3 is 2.57 bits per heavy atom.